The second kappa shape index (κ2) is 7.02. The van der Waals surface area contributed by atoms with Crippen molar-refractivity contribution in [3.8, 4) is 0 Å². The van der Waals surface area contributed by atoms with Crippen LogP contribution in [-0.4, -0.2) is 48.2 Å². The smallest absolute Gasteiger partial charge is 0.0707 e. The highest BCUT2D eigenvalue weighted by atomic mass is 16.5. The molecule has 4 heteroatoms. The zero-order chi connectivity index (χ0) is 14.5. The van der Waals surface area contributed by atoms with Gasteiger partial charge in [-0.25, -0.2) is 0 Å². The molecule has 0 aliphatic heterocycles. The lowest BCUT2D eigenvalue weighted by Crippen LogP contribution is -2.50. The molecule has 2 atom stereocenters. The lowest BCUT2D eigenvalue weighted by atomic mass is 9.97. The van der Waals surface area contributed by atoms with Crippen molar-refractivity contribution in [3.63, 3.8) is 0 Å². The molecule has 0 aromatic heterocycles. The first kappa shape index (κ1) is 16.9. The molecular formula is C15H31NO3. The Morgan fingerprint density at radius 3 is 2.53 bits per heavy atom. The minimum Gasteiger partial charge on any atom is -0.394 e. The highest BCUT2D eigenvalue weighted by Crippen LogP contribution is 2.32. The van der Waals surface area contributed by atoms with E-state index in [0.29, 0.717) is 19.3 Å². The summed E-state index contributed by atoms with van der Waals surface area (Å²) in [5.74, 6) is 0. The maximum Gasteiger partial charge on any atom is 0.0707 e. The molecule has 0 spiro atoms. The number of aliphatic hydroxyl groups is 1. The van der Waals surface area contributed by atoms with Crippen molar-refractivity contribution in [2.75, 3.05) is 19.8 Å². The Hall–Kier alpha value is -0.160. The molecule has 0 bridgehead atoms. The van der Waals surface area contributed by atoms with E-state index in [1.165, 1.54) is 0 Å². The summed E-state index contributed by atoms with van der Waals surface area (Å²) >= 11 is 0. The largest absolute Gasteiger partial charge is 0.394 e. The van der Waals surface area contributed by atoms with Crippen molar-refractivity contribution < 1.29 is 14.6 Å². The van der Waals surface area contributed by atoms with Crippen LogP contribution in [0.4, 0.5) is 0 Å². The van der Waals surface area contributed by atoms with Crippen LogP contribution in [0.1, 0.15) is 53.9 Å². The first-order valence-electron chi connectivity index (χ1n) is 7.40. The van der Waals surface area contributed by atoms with Gasteiger partial charge in [0.2, 0.25) is 0 Å². The topological polar surface area (TPSA) is 50.7 Å². The SMILES string of the molecule is CC(C)NC1(CO)CCC(OCCOC(C)(C)C)C1. The maximum atomic E-state index is 9.62. The molecule has 1 saturated carbocycles. The molecule has 0 saturated heterocycles. The maximum absolute atomic E-state index is 9.62. The Bertz CT molecular complexity index is 263. The Balaban J connectivity index is 2.27. The number of aliphatic hydroxyl groups excluding tert-OH is 1. The van der Waals surface area contributed by atoms with Crippen LogP contribution >= 0.6 is 0 Å². The average Bonchev–Trinajstić information content (AvgIpc) is 2.67. The van der Waals surface area contributed by atoms with Gasteiger partial charge in [-0.05, 0) is 40.0 Å². The molecule has 0 amide bonds. The monoisotopic (exact) mass is 273 g/mol. The van der Waals surface area contributed by atoms with Crippen LogP contribution in [-0.2, 0) is 9.47 Å². The zero-order valence-corrected chi connectivity index (χ0v) is 13.2. The summed E-state index contributed by atoms with van der Waals surface area (Å²) in [5, 5.41) is 13.1. The molecular weight excluding hydrogens is 242 g/mol. The van der Waals surface area contributed by atoms with E-state index in [-0.39, 0.29) is 23.9 Å². The summed E-state index contributed by atoms with van der Waals surface area (Å²) in [6, 6.07) is 0.384. The minimum absolute atomic E-state index is 0.104. The van der Waals surface area contributed by atoms with Gasteiger partial charge in [-0.15, -0.1) is 0 Å². The first-order chi connectivity index (χ1) is 8.76. The van der Waals surface area contributed by atoms with E-state index in [1.807, 2.05) is 20.8 Å². The van der Waals surface area contributed by atoms with Gasteiger partial charge in [0.15, 0.2) is 0 Å². The molecule has 1 fully saturated rings. The highest BCUT2D eigenvalue weighted by Gasteiger charge is 2.39. The van der Waals surface area contributed by atoms with Gasteiger partial charge in [0.05, 0.1) is 31.5 Å². The highest BCUT2D eigenvalue weighted by molar-refractivity contribution is 4.97. The summed E-state index contributed by atoms with van der Waals surface area (Å²) < 4.78 is 11.5. The van der Waals surface area contributed by atoms with Crippen LogP contribution in [0.15, 0.2) is 0 Å². The van der Waals surface area contributed by atoms with Gasteiger partial charge in [0, 0.05) is 11.6 Å². The fraction of sp³-hybridized carbons (Fsp3) is 1.00. The molecule has 0 aromatic rings. The Morgan fingerprint density at radius 1 is 1.32 bits per heavy atom. The quantitative estimate of drug-likeness (QED) is 0.698. The third-order valence-electron chi connectivity index (χ3n) is 3.43. The minimum atomic E-state index is -0.149. The number of rotatable bonds is 7. The van der Waals surface area contributed by atoms with Crippen molar-refractivity contribution >= 4 is 0 Å². The van der Waals surface area contributed by atoms with Crippen molar-refractivity contribution in [1.82, 2.24) is 5.32 Å². The van der Waals surface area contributed by atoms with E-state index in [4.69, 9.17) is 9.47 Å². The average molecular weight is 273 g/mol. The fourth-order valence-corrected chi connectivity index (χ4v) is 2.71. The zero-order valence-electron chi connectivity index (χ0n) is 13.2. The lowest BCUT2D eigenvalue weighted by molar-refractivity contribution is -0.0519. The van der Waals surface area contributed by atoms with Crippen LogP contribution in [0.2, 0.25) is 0 Å². The summed E-state index contributed by atoms with van der Waals surface area (Å²) in [4.78, 5) is 0. The molecule has 0 aromatic carbocycles. The molecule has 1 aliphatic carbocycles. The molecule has 19 heavy (non-hydrogen) atoms. The standard InChI is InChI=1S/C15H31NO3/c1-12(2)16-15(11-17)7-6-13(10-15)18-8-9-19-14(3,4)5/h12-13,16-17H,6-11H2,1-5H3. The number of ether oxygens (including phenoxy) is 2. The predicted octanol–water partition coefficient (Wildman–Crippen LogP) is 2.10. The van der Waals surface area contributed by atoms with Crippen LogP contribution in [0, 0.1) is 0 Å². The van der Waals surface area contributed by atoms with E-state index in [9.17, 15) is 5.11 Å². The van der Waals surface area contributed by atoms with Crippen LogP contribution in [0.25, 0.3) is 0 Å². The summed E-state index contributed by atoms with van der Waals surface area (Å²) in [7, 11) is 0. The normalized spacial score (nSPS) is 28.3. The lowest BCUT2D eigenvalue weighted by Gasteiger charge is -2.31. The van der Waals surface area contributed by atoms with Gasteiger partial charge >= 0.3 is 0 Å². The second-order valence-corrected chi connectivity index (χ2v) is 6.93. The Morgan fingerprint density at radius 2 is 2.00 bits per heavy atom. The van der Waals surface area contributed by atoms with Crippen LogP contribution < -0.4 is 5.32 Å². The van der Waals surface area contributed by atoms with E-state index in [2.05, 4.69) is 19.2 Å². The van der Waals surface area contributed by atoms with E-state index < -0.39 is 0 Å². The predicted molar refractivity (Wildman–Crippen MR) is 77.4 cm³/mol. The first-order valence-corrected chi connectivity index (χ1v) is 7.40. The van der Waals surface area contributed by atoms with Gasteiger partial charge < -0.3 is 19.9 Å². The van der Waals surface area contributed by atoms with Crippen molar-refractivity contribution in [2.45, 2.75) is 77.2 Å². The molecule has 2 unspecified atom stereocenters. The van der Waals surface area contributed by atoms with Crippen LogP contribution in [0.5, 0.6) is 0 Å². The third-order valence-corrected chi connectivity index (χ3v) is 3.43. The van der Waals surface area contributed by atoms with Crippen molar-refractivity contribution in [3.05, 3.63) is 0 Å². The molecule has 4 nitrogen and oxygen atoms in total. The van der Waals surface area contributed by atoms with Gasteiger partial charge in [0.25, 0.3) is 0 Å². The van der Waals surface area contributed by atoms with Crippen molar-refractivity contribution in [2.24, 2.45) is 0 Å². The molecule has 1 aliphatic rings. The Labute approximate surface area is 117 Å². The third kappa shape index (κ3) is 6.21. The van der Waals surface area contributed by atoms with Crippen LogP contribution in [0.3, 0.4) is 0 Å². The molecule has 2 N–H and O–H groups in total. The van der Waals surface area contributed by atoms with Gasteiger partial charge in [0.1, 0.15) is 0 Å². The fourth-order valence-electron chi connectivity index (χ4n) is 2.71. The summed E-state index contributed by atoms with van der Waals surface area (Å²) in [5.41, 5.74) is -0.253. The molecule has 0 radical (unpaired) electrons. The van der Waals surface area contributed by atoms with Gasteiger partial charge in [-0.2, -0.15) is 0 Å². The summed E-state index contributed by atoms with van der Waals surface area (Å²) in [6.07, 6.45) is 3.11. The van der Waals surface area contributed by atoms with Gasteiger partial charge in [-0.1, -0.05) is 13.8 Å². The second-order valence-electron chi connectivity index (χ2n) is 6.93. The van der Waals surface area contributed by atoms with E-state index >= 15 is 0 Å². The molecule has 0 heterocycles. The number of nitrogens with one attached hydrogen (secondary N) is 1. The number of hydrogen-bond acceptors (Lipinski definition) is 4. The number of hydrogen-bond donors (Lipinski definition) is 2. The summed E-state index contributed by atoms with van der Waals surface area (Å²) in [6.45, 7) is 11.8. The van der Waals surface area contributed by atoms with Gasteiger partial charge in [-0.3, -0.25) is 0 Å². The molecule has 1 rings (SSSR count). The van der Waals surface area contributed by atoms with Crippen molar-refractivity contribution in [1.29, 1.82) is 0 Å². The Kier molecular flexibility index (Phi) is 6.24. The van der Waals surface area contributed by atoms with E-state index in [1.54, 1.807) is 0 Å². The molecule has 114 valence electrons. The van der Waals surface area contributed by atoms with E-state index in [0.717, 1.165) is 19.3 Å².